The summed E-state index contributed by atoms with van der Waals surface area (Å²) in [5, 5.41) is 7.69. The number of aromatic nitrogens is 5. The third kappa shape index (κ3) is 3.31. The Hall–Kier alpha value is -2.58. The minimum atomic E-state index is -0.134. The van der Waals surface area contributed by atoms with Gasteiger partial charge in [0, 0.05) is 26.2 Å². The van der Waals surface area contributed by atoms with Crippen LogP contribution in [0.15, 0.2) is 35.4 Å². The molecule has 1 atom stereocenters. The fourth-order valence-electron chi connectivity index (χ4n) is 3.08. The van der Waals surface area contributed by atoms with Gasteiger partial charge >= 0.3 is 0 Å². The number of morpholine rings is 1. The number of fused-ring (bicyclic) bond motifs is 1. The molecule has 1 fully saturated rings. The SMILES string of the molecule is Cc1nc([C@H]2CN(CCn3cnc4ccccc4c3=O)CCO2)n[nH]1. The maximum atomic E-state index is 12.5. The summed E-state index contributed by atoms with van der Waals surface area (Å²) in [6.07, 6.45) is 1.49. The van der Waals surface area contributed by atoms with Crippen LogP contribution < -0.4 is 5.56 Å². The van der Waals surface area contributed by atoms with Crippen molar-refractivity contribution in [2.45, 2.75) is 19.6 Å². The van der Waals surface area contributed by atoms with Crippen LogP contribution in [0.1, 0.15) is 17.8 Å². The van der Waals surface area contributed by atoms with E-state index in [-0.39, 0.29) is 11.7 Å². The number of rotatable bonds is 4. The average Bonchev–Trinajstić information content (AvgIpc) is 3.08. The molecule has 0 radical (unpaired) electrons. The van der Waals surface area contributed by atoms with Crippen LogP contribution >= 0.6 is 0 Å². The lowest BCUT2D eigenvalue weighted by molar-refractivity contribution is -0.0351. The molecule has 8 nitrogen and oxygen atoms in total. The van der Waals surface area contributed by atoms with E-state index >= 15 is 0 Å². The summed E-state index contributed by atoms with van der Waals surface area (Å²) in [5.41, 5.74) is 0.732. The Balaban J connectivity index is 1.44. The molecule has 1 aromatic carbocycles. The summed E-state index contributed by atoms with van der Waals surface area (Å²) in [7, 11) is 0. The van der Waals surface area contributed by atoms with Crippen LogP contribution in [0.25, 0.3) is 10.9 Å². The zero-order chi connectivity index (χ0) is 17.2. The van der Waals surface area contributed by atoms with Gasteiger partial charge in [-0.05, 0) is 19.1 Å². The van der Waals surface area contributed by atoms with Gasteiger partial charge in [0.05, 0.1) is 23.8 Å². The van der Waals surface area contributed by atoms with Crippen LogP contribution in [0.4, 0.5) is 0 Å². The lowest BCUT2D eigenvalue weighted by Gasteiger charge is -2.31. The Bertz CT molecular complexity index is 934. The molecule has 0 amide bonds. The van der Waals surface area contributed by atoms with Crippen LogP contribution in [0.2, 0.25) is 0 Å². The number of aryl methyl sites for hydroxylation is 1. The molecule has 1 saturated heterocycles. The maximum Gasteiger partial charge on any atom is 0.261 e. The maximum absolute atomic E-state index is 12.5. The second kappa shape index (κ2) is 6.73. The van der Waals surface area contributed by atoms with E-state index in [1.165, 1.54) is 0 Å². The van der Waals surface area contributed by atoms with E-state index in [9.17, 15) is 4.79 Å². The molecule has 1 aliphatic rings. The summed E-state index contributed by atoms with van der Waals surface area (Å²) in [6.45, 7) is 5.39. The van der Waals surface area contributed by atoms with Crippen molar-refractivity contribution in [1.29, 1.82) is 0 Å². The van der Waals surface area contributed by atoms with Crippen molar-refractivity contribution in [1.82, 2.24) is 29.6 Å². The average molecular weight is 340 g/mol. The molecule has 0 spiro atoms. The Morgan fingerprint density at radius 1 is 1.32 bits per heavy atom. The minimum absolute atomic E-state index is 0.00000199. The molecule has 0 unspecified atom stereocenters. The first-order valence-corrected chi connectivity index (χ1v) is 8.38. The molecule has 3 aromatic rings. The van der Waals surface area contributed by atoms with Crippen molar-refractivity contribution < 1.29 is 4.74 Å². The van der Waals surface area contributed by atoms with E-state index in [1.54, 1.807) is 10.9 Å². The number of nitrogens with one attached hydrogen (secondary N) is 1. The van der Waals surface area contributed by atoms with Gasteiger partial charge in [0.25, 0.3) is 5.56 Å². The predicted molar refractivity (Wildman–Crippen MR) is 92.3 cm³/mol. The molecule has 0 bridgehead atoms. The van der Waals surface area contributed by atoms with Gasteiger partial charge < -0.3 is 4.74 Å². The summed E-state index contributed by atoms with van der Waals surface area (Å²) < 4.78 is 7.44. The molecule has 4 rings (SSSR count). The molecule has 1 aliphatic heterocycles. The molecule has 25 heavy (non-hydrogen) atoms. The zero-order valence-electron chi connectivity index (χ0n) is 14.1. The molecule has 3 heterocycles. The highest BCUT2D eigenvalue weighted by Crippen LogP contribution is 2.18. The highest BCUT2D eigenvalue weighted by atomic mass is 16.5. The lowest BCUT2D eigenvalue weighted by atomic mass is 10.2. The topological polar surface area (TPSA) is 88.9 Å². The van der Waals surface area contributed by atoms with E-state index in [2.05, 4.69) is 25.1 Å². The molecule has 0 saturated carbocycles. The van der Waals surface area contributed by atoms with Crippen molar-refractivity contribution in [3.63, 3.8) is 0 Å². The Labute approximate surface area is 144 Å². The smallest absolute Gasteiger partial charge is 0.261 e. The second-order valence-electron chi connectivity index (χ2n) is 6.20. The third-order valence-corrected chi connectivity index (χ3v) is 4.44. The normalized spacial score (nSPS) is 18.7. The minimum Gasteiger partial charge on any atom is -0.367 e. The summed E-state index contributed by atoms with van der Waals surface area (Å²) in [4.78, 5) is 23.5. The van der Waals surface area contributed by atoms with E-state index in [0.717, 1.165) is 24.4 Å². The molecule has 0 aliphatic carbocycles. The largest absolute Gasteiger partial charge is 0.367 e. The second-order valence-corrected chi connectivity index (χ2v) is 6.20. The molecule has 1 N–H and O–H groups in total. The fourth-order valence-corrected chi connectivity index (χ4v) is 3.08. The first kappa shape index (κ1) is 15.9. The summed E-state index contributed by atoms with van der Waals surface area (Å²) in [5.74, 6) is 1.47. The van der Waals surface area contributed by atoms with Gasteiger partial charge in [-0.15, -0.1) is 0 Å². The van der Waals surface area contributed by atoms with E-state index in [4.69, 9.17) is 4.74 Å². The van der Waals surface area contributed by atoms with Crippen LogP contribution in [0.3, 0.4) is 0 Å². The first-order chi connectivity index (χ1) is 12.2. The Morgan fingerprint density at radius 3 is 3.04 bits per heavy atom. The van der Waals surface area contributed by atoms with Gasteiger partial charge in [-0.25, -0.2) is 9.97 Å². The number of ether oxygens (including phenoxy) is 1. The van der Waals surface area contributed by atoms with Gasteiger partial charge in [-0.3, -0.25) is 19.4 Å². The van der Waals surface area contributed by atoms with E-state index in [0.29, 0.717) is 30.9 Å². The third-order valence-electron chi connectivity index (χ3n) is 4.44. The van der Waals surface area contributed by atoms with Crippen molar-refractivity contribution in [2.75, 3.05) is 26.2 Å². The van der Waals surface area contributed by atoms with Crippen LogP contribution in [0, 0.1) is 6.92 Å². The number of hydrogen-bond acceptors (Lipinski definition) is 6. The highest BCUT2D eigenvalue weighted by molar-refractivity contribution is 5.76. The number of H-pyrrole nitrogens is 1. The van der Waals surface area contributed by atoms with Gasteiger partial charge in [0.2, 0.25) is 0 Å². The molecule has 130 valence electrons. The predicted octanol–water partition coefficient (Wildman–Crippen LogP) is 0.897. The number of benzene rings is 1. The molecule has 8 heteroatoms. The number of para-hydroxylation sites is 1. The first-order valence-electron chi connectivity index (χ1n) is 8.38. The van der Waals surface area contributed by atoms with Gasteiger partial charge in [-0.1, -0.05) is 12.1 Å². The molecular weight excluding hydrogens is 320 g/mol. The van der Waals surface area contributed by atoms with Gasteiger partial charge in [0.1, 0.15) is 11.9 Å². The van der Waals surface area contributed by atoms with E-state index in [1.807, 2.05) is 31.2 Å². The Morgan fingerprint density at radius 2 is 2.20 bits per heavy atom. The van der Waals surface area contributed by atoms with Crippen molar-refractivity contribution in [3.05, 3.63) is 52.6 Å². The van der Waals surface area contributed by atoms with Crippen LogP contribution in [-0.2, 0) is 11.3 Å². The van der Waals surface area contributed by atoms with Crippen LogP contribution in [-0.4, -0.2) is 55.9 Å². The van der Waals surface area contributed by atoms with Gasteiger partial charge in [0.15, 0.2) is 5.82 Å². The van der Waals surface area contributed by atoms with E-state index < -0.39 is 0 Å². The van der Waals surface area contributed by atoms with Crippen molar-refractivity contribution >= 4 is 10.9 Å². The van der Waals surface area contributed by atoms with Crippen molar-refractivity contribution in [3.8, 4) is 0 Å². The number of nitrogens with zero attached hydrogens (tertiary/aromatic N) is 5. The number of aromatic amines is 1. The van der Waals surface area contributed by atoms with Crippen molar-refractivity contribution in [2.24, 2.45) is 0 Å². The van der Waals surface area contributed by atoms with Gasteiger partial charge in [-0.2, -0.15) is 5.10 Å². The zero-order valence-corrected chi connectivity index (χ0v) is 14.1. The summed E-state index contributed by atoms with van der Waals surface area (Å²) >= 11 is 0. The summed E-state index contributed by atoms with van der Waals surface area (Å²) in [6, 6.07) is 7.42. The monoisotopic (exact) mass is 340 g/mol. The Kier molecular flexibility index (Phi) is 4.29. The fraction of sp³-hybridized carbons (Fsp3) is 0.412. The van der Waals surface area contributed by atoms with Crippen LogP contribution in [0.5, 0.6) is 0 Å². The highest BCUT2D eigenvalue weighted by Gasteiger charge is 2.24. The molecular formula is C17H20N6O2. The molecule has 2 aromatic heterocycles. The lowest BCUT2D eigenvalue weighted by Crippen LogP contribution is -2.41. The quantitative estimate of drug-likeness (QED) is 0.759. The number of hydrogen-bond donors (Lipinski definition) is 1. The standard InChI is InChI=1S/C17H20N6O2/c1-12-19-16(21-20-12)15-10-22(8-9-25-15)6-7-23-11-18-14-5-3-2-4-13(14)17(23)24/h2-5,11,15H,6-10H2,1H3,(H,19,20,21)/t15-/m1/s1.